The summed E-state index contributed by atoms with van der Waals surface area (Å²) in [5.41, 5.74) is 2.34. The summed E-state index contributed by atoms with van der Waals surface area (Å²) in [5, 5.41) is 2.60. The summed E-state index contributed by atoms with van der Waals surface area (Å²) < 4.78 is 28.1. The first kappa shape index (κ1) is 22.5. The topological polar surface area (TPSA) is 99.3 Å². The third-order valence-corrected chi connectivity index (χ3v) is 6.50. The van der Waals surface area contributed by atoms with Gasteiger partial charge in [0.05, 0.1) is 19.5 Å². The van der Waals surface area contributed by atoms with Crippen LogP contribution in [0.1, 0.15) is 17.5 Å². The van der Waals surface area contributed by atoms with Crippen molar-refractivity contribution in [1.82, 2.24) is 20.0 Å². The predicted molar refractivity (Wildman–Crippen MR) is 113 cm³/mol. The van der Waals surface area contributed by atoms with Crippen molar-refractivity contribution in [1.29, 1.82) is 0 Å². The highest BCUT2D eigenvalue weighted by molar-refractivity contribution is 7.90. The van der Waals surface area contributed by atoms with Crippen molar-refractivity contribution in [2.45, 2.75) is 25.9 Å². The number of hydrogen-bond donors (Lipinski definition) is 1. The first-order valence-corrected chi connectivity index (χ1v) is 12.1. The van der Waals surface area contributed by atoms with Gasteiger partial charge in [-0.25, -0.2) is 18.1 Å². The second-order valence-electron chi connectivity index (χ2n) is 8.04. The molecule has 3 rings (SSSR count). The van der Waals surface area contributed by atoms with Crippen molar-refractivity contribution in [3.05, 3.63) is 29.3 Å². The smallest absolute Gasteiger partial charge is 0.325 e. The summed E-state index contributed by atoms with van der Waals surface area (Å²) >= 11 is 0. The van der Waals surface area contributed by atoms with Crippen molar-refractivity contribution in [2.24, 2.45) is 0 Å². The van der Waals surface area contributed by atoms with Gasteiger partial charge in [0, 0.05) is 44.5 Å². The molecule has 30 heavy (non-hydrogen) atoms. The lowest BCUT2D eigenvalue weighted by molar-refractivity contribution is -0.129. The lowest BCUT2D eigenvalue weighted by Crippen LogP contribution is -2.51. The quantitative estimate of drug-likeness (QED) is 0.588. The third kappa shape index (κ3) is 5.71. The van der Waals surface area contributed by atoms with Crippen molar-refractivity contribution in [3.63, 3.8) is 0 Å². The average Bonchev–Trinajstić information content (AvgIpc) is 2.95. The molecule has 0 radical (unpaired) electrons. The number of hydrogen-bond acceptors (Lipinski definition) is 7. The number of carbonyl (C=O) groups is 2. The van der Waals surface area contributed by atoms with Gasteiger partial charge < -0.3 is 10.1 Å². The molecule has 2 heterocycles. The van der Waals surface area contributed by atoms with Gasteiger partial charge in [-0.15, -0.1) is 0 Å². The standard InChI is InChI=1S/C20H30N4O5S/c1-15-4-5-18(29-2)16(12-15)13-22-7-9-23(10-8-22)14-24-19(25)17(21-20(24)26)6-11-30(3,27)28/h4-5,12,17H,6-11,13-14H2,1-3H3,(H,21,26)/t17-/m0/s1. The maximum Gasteiger partial charge on any atom is 0.325 e. The van der Waals surface area contributed by atoms with Crippen LogP contribution >= 0.6 is 0 Å². The van der Waals surface area contributed by atoms with Crippen LogP contribution in [0, 0.1) is 6.92 Å². The van der Waals surface area contributed by atoms with Crippen LogP contribution in [-0.4, -0.2) is 93.1 Å². The minimum atomic E-state index is -3.18. The lowest BCUT2D eigenvalue weighted by Gasteiger charge is -2.36. The molecule has 0 aliphatic carbocycles. The summed E-state index contributed by atoms with van der Waals surface area (Å²) in [5.74, 6) is 0.400. The molecule has 0 aromatic heterocycles. The van der Waals surface area contributed by atoms with Gasteiger partial charge in [-0.3, -0.25) is 14.6 Å². The Morgan fingerprint density at radius 2 is 1.80 bits per heavy atom. The van der Waals surface area contributed by atoms with Crippen molar-refractivity contribution < 1.29 is 22.7 Å². The minimum Gasteiger partial charge on any atom is -0.496 e. The van der Waals surface area contributed by atoms with Gasteiger partial charge in [0.15, 0.2) is 0 Å². The van der Waals surface area contributed by atoms with Crippen LogP contribution < -0.4 is 10.1 Å². The molecule has 2 saturated heterocycles. The van der Waals surface area contributed by atoms with Gasteiger partial charge in [-0.05, 0) is 19.4 Å². The SMILES string of the molecule is COc1ccc(C)cc1CN1CCN(CN2C(=O)N[C@@H](CCS(C)(=O)=O)C2=O)CC1. The Labute approximate surface area is 177 Å². The fourth-order valence-electron chi connectivity index (χ4n) is 3.80. The van der Waals surface area contributed by atoms with E-state index < -0.39 is 21.9 Å². The van der Waals surface area contributed by atoms with E-state index in [9.17, 15) is 18.0 Å². The Morgan fingerprint density at radius 1 is 1.13 bits per heavy atom. The van der Waals surface area contributed by atoms with E-state index in [4.69, 9.17) is 4.74 Å². The monoisotopic (exact) mass is 438 g/mol. The molecule has 1 aromatic rings. The summed E-state index contributed by atoms with van der Waals surface area (Å²) in [6.07, 6.45) is 1.23. The summed E-state index contributed by atoms with van der Waals surface area (Å²) in [6.45, 7) is 6.17. The molecule has 1 atom stereocenters. The number of rotatable bonds is 8. The van der Waals surface area contributed by atoms with Gasteiger partial charge in [-0.1, -0.05) is 17.7 Å². The van der Waals surface area contributed by atoms with Gasteiger partial charge in [0.25, 0.3) is 5.91 Å². The van der Waals surface area contributed by atoms with E-state index in [1.807, 2.05) is 12.1 Å². The Kier molecular flexibility index (Phi) is 6.99. The number of benzene rings is 1. The number of nitrogens with one attached hydrogen (secondary N) is 1. The zero-order valence-corrected chi connectivity index (χ0v) is 18.6. The molecule has 3 amide bonds. The van der Waals surface area contributed by atoms with Crippen molar-refractivity contribution in [3.8, 4) is 5.75 Å². The molecule has 166 valence electrons. The molecule has 1 aromatic carbocycles. The second-order valence-corrected chi connectivity index (χ2v) is 10.3. The van der Waals surface area contributed by atoms with Crippen molar-refractivity contribution >= 4 is 21.8 Å². The van der Waals surface area contributed by atoms with Crippen LogP contribution in [0.3, 0.4) is 0 Å². The van der Waals surface area contributed by atoms with E-state index in [0.29, 0.717) is 0 Å². The van der Waals surface area contributed by atoms with E-state index in [1.165, 1.54) is 10.5 Å². The summed E-state index contributed by atoms with van der Waals surface area (Å²) in [4.78, 5) is 30.3. The van der Waals surface area contributed by atoms with Gasteiger partial charge >= 0.3 is 6.03 Å². The predicted octanol–water partition coefficient (Wildman–Crippen LogP) is 0.434. The van der Waals surface area contributed by atoms with Crippen LogP contribution in [0.4, 0.5) is 4.79 Å². The number of methoxy groups -OCH3 is 1. The fourth-order valence-corrected chi connectivity index (χ4v) is 4.46. The molecular weight excluding hydrogens is 408 g/mol. The number of imide groups is 1. The largest absolute Gasteiger partial charge is 0.496 e. The van der Waals surface area contributed by atoms with Crippen molar-refractivity contribution in [2.75, 3.05) is 52.0 Å². The minimum absolute atomic E-state index is 0.103. The molecule has 2 aliphatic heterocycles. The number of amides is 3. The molecule has 2 aliphatic rings. The van der Waals surface area contributed by atoms with Gasteiger partial charge in [0.2, 0.25) is 0 Å². The average molecular weight is 439 g/mol. The highest BCUT2D eigenvalue weighted by Crippen LogP contribution is 2.22. The first-order valence-electron chi connectivity index (χ1n) is 10.0. The van der Waals surface area contributed by atoms with Crippen LogP contribution in [0.5, 0.6) is 5.75 Å². The van der Waals surface area contributed by atoms with E-state index >= 15 is 0 Å². The van der Waals surface area contributed by atoms with Gasteiger partial charge in [0.1, 0.15) is 21.6 Å². The molecular formula is C20H30N4O5S. The molecule has 1 N–H and O–H groups in total. The number of ether oxygens (including phenoxy) is 1. The zero-order chi connectivity index (χ0) is 21.9. The number of carbonyl (C=O) groups excluding carboxylic acids is 2. The Balaban J connectivity index is 1.50. The normalized spacial score (nSPS) is 21.2. The maximum absolute atomic E-state index is 12.5. The Bertz CT molecular complexity index is 896. The van der Waals surface area contributed by atoms with E-state index in [1.54, 1.807) is 7.11 Å². The van der Waals surface area contributed by atoms with Crippen LogP contribution in [0.15, 0.2) is 18.2 Å². The molecule has 0 unspecified atom stereocenters. The number of piperazine rings is 1. The fraction of sp³-hybridized carbons (Fsp3) is 0.600. The molecule has 0 saturated carbocycles. The summed E-state index contributed by atoms with van der Waals surface area (Å²) in [6, 6.07) is 4.93. The lowest BCUT2D eigenvalue weighted by atomic mass is 10.1. The second kappa shape index (κ2) is 9.32. The number of nitrogens with zero attached hydrogens (tertiary/aromatic N) is 3. The van der Waals surface area contributed by atoms with Crippen LogP contribution in [0.2, 0.25) is 0 Å². The van der Waals surface area contributed by atoms with Crippen LogP contribution in [-0.2, 0) is 21.2 Å². The molecule has 2 fully saturated rings. The van der Waals surface area contributed by atoms with Crippen LogP contribution in [0.25, 0.3) is 0 Å². The number of sulfone groups is 1. The molecule has 0 spiro atoms. The Morgan fingerprint density at radius 3 is 2.43 bits per heavy atom. The molecule has 0 bridgehead atoms. The summed E-state index contributed by atoms with van der Waals surface area (Å²) in [7, 11) is -1.51. The van der Waals surface area contributed by atoms with E-state index in [-0.39, 0.29) is 24.7 Å². The Hall–Kier alpha value is -2.17. The van der Waals surface area contributed by atoms with E-state index in [2.05, 4.69) is 28.1 Å². The number of aryl methyl sites for hydroxylation is 1. The van der Waals surface area contributed by atoms with Gasteiger partial charge in [-0.2, -0.15) is 0 Å². The highest BCUT2D eigenvalue weighted by Gasteiger charge is 2.39. The third-order valence-electron chi connectivity index (χ3n) is 5.52. The van der Waals surface area contributed by atoms with E-state index in [0.717, 1.165) is 50.3 Å². The molecule has 9 nitrogen and oxygen atoms in total. The first-order chi connectivity index (χ1) is 14.2. The maximum atomic E-state index is 12.5. The number of urea groups is 1. The zero-order valence-electron chi connectivity index (χ0n) is 17.8. The highest BCUT2D eigenvalue weighted by atomic mass is 32.2. The molecule has 10 heteroatoms.